The summed E-state index contributed by atoms with van der Waals surface area (Å²) in [6.45, 7) is 0. The first-order chi connectivity index (χ1) is 14.3. The van der Waals surface area contributed by atoms with Crippen LogP contribution in [0, 0.1) is 0 Å². The highest BCUT2D eigenvalue weighted by atomic mass is 16.1. The van der Waals surface area contributed by atoms with Gasteiger partial charge in [-0.1, -0.05) is 84.9 Å². The minimum atomic E-state index is 0.192. The lowest BCUT2D eigenvalue weighted by molar-refractivity contribution is -0.112. The van der Waals surface area contributed by atoms with Crippen LogP contribution >= 0.6 is 0 Å². The number of rotatable bonds is 2. The Morgan fingerprint density at radius 3 is 1.52 bits per heavy atom. The first kappa shape index (κ1) is 17.6. The van der Waals surface area contributed by atoms with Gasteiger partial charge in [-0.3, -0.25) is 4.79 Å². The van der Waals surface area contributed by atoms with E-state index in [0.717, 1.165) is 41.5 Å². The predicted octanol–water partition coefficient (Wildman–Crippen LogP) is 7.21. The molecule has 0 heterocycles. The third kappa shape index (κ3) is 3.40. The van der Waals surface area contributed by atoms with Gasteiger partial charge in [0.2, 0.25) is 0 Å². The van der Waals surface area contributed by atoms with Gasteiger partial charge in [-0.15, -0.1) is 0 Å². The summed E-state index contributed by atoms with van der Waals surface area (Å²) in [7, 11) is 0. The van der Waals surface area contributed by atoms with Crippen molar-refractivity contribution in [2.45, 2.75) is 19.3 Å². The van der Waals surface area contributed by atoms with E-state index in [1.807, 2.05) is 0 Å². The van der Waals surface area contributed by atoms with Crippen molar-refractivity contribution in [3.8, 4) is 0 Å². The van der Waals surface area contributed by atoms with E-state index in [1.165, 1.54) is 21.5 Å². The van der Waals surface area contributed by atoms with E-state index >= 15 is 0 Å². The molecule has 4 aromatic rings. The van der Waals surface area contributed by atoms with Crippen molar-refractivity contribution < 1.29 is 4.79 Å². The van der Waals surface area contributed by atoms with E-state index in [1.54, 1.807) is 0 Å². The fourth-order valence-electron chi connectivity index (χ4n) is 4.31. The summed E-state index contributed by atoms with van der Waals surface area (Å²) in [5.74, 6) is 0.192. The number of hydrogen-bond donors (Lipinski definition) is 0. The van der Waals surface area contributed by atoms with Gasteiger partial charge < -0.3 is 0 Å². The molecule has 140 valence electrons. The van der Waals surface area contributed by atoms with Gasteiger partial charge in [-0.05, 0) is 64.1 Å². The molecule has 5 rings (SSSR count). The van der Waals surface area contributed by atoms with Crippen LogP contribution in [0.3, 0.4) is 0 Å². The van der Waals surface area contributed by atoms with Crippen molar-refractivity contribution in [1.29, 1.82) is 0 Å². The van der Waals surface area contributed by atoms with Crippen LogP contribution in [-0.2, 0) is 4.79 Å². The molecular weight excluding hydrogens is 352 g/mol. The maximum absolute atomic E-state index is 13.3. The number of carbonyl (C=O) groups excluding carboxylic acids is 1. The van der Waals surface area contributed by atoms with Gasteiger partial charge in [0.05, 0.1) is 0 Å². The molecule has 1 saturated carbocycles. The van der Waals surface area contributed by atoms with E-state index in [2.05, 4.69) is 97.1 Å². The zero-order chi connectivity index (χ0) is 19.6. The summed E-state index contributed by atoms with van der Waals surface area (Å²) in [6.07, 6.45) is 6.89. The van der Waals surface area contributed by atoms with E-state index in [0.29, 0.717) is 0 Å². The van der Waals surface area contributed by atoms with Crippen molar-refractivity contribution in [2.75, 3.05) is 0 Å². The van der Waals surface area contributed by atoms with Crippen LogP contribution in [0.15, 0.2) is 96.1 Å². The molecule has 0 aliphatic heterocycles. The van der Waals surface area contributed by atoms with Crippen LogP contribution in [0.5, 0.6) is 0 Å². The maximum Gasteiger partial charge on any atom is 0.185 e. The largest absolute Gasteiger partial charge is 0.289 e. The fourth-order valence-corrected chi connectivity index (χ4v) is 4.31. The second-order valence-corrected chi connectivity index (χ2v) is 7.66. The lowest BCUT2D eigenvalue weighted by Crippen LogP contribution is -2.12. The summed E-state index contributed by atoms with van der Waals surface area (Å²) in [4.78, 5) is 13.3. The Balaban J connectivity index is 1.55. The molecule has 0 spiro atoms. The molecule has 0 aromatic heterocycles. The number of fused-ring (bicyclic) bond motifs is 2. The van der Waals surface area contributed by atoms with Gasteiger partial charge in [0, 0.05) is 11.1 Å². The quantitative estimate of drug-likeness (QED) is 0.339. The van der Waals surface area contributed by atoms with Crippen LogP contribution in [0.2, 0.25) is 0 Å². The normalized spacial score (nSPS) is 17.4. The molecule has 0 saturated heterocycles. The molecule has 0 amide bonds. The average molecular weight is 374 g/mol. The molecule has 0 N–H and O–H groups in total. The zero-order valence-electron chi connectivity index (χ0n) is 16.3. The maximum atomic E-state index is 13.3. The van der Waals surface area contributed by atoms with Crippen LogP contribution in [0.4, 0.5) is 0 Å². The predicted molar refractivity (Wildman–Crippen MR) is 123 cm³/mol. The van der Waals surface area contributed by atoms with E-state index in [-0.39, 0.29) is 5.78 Å². The molecule has 4 aromatic carbocycles. The molecule has 1 nitrogen and oxygen atoms in total. The molecular formula is C28H22O. The number of benzene rings is 4. The molecule has 0 radical (unpaired) electrons. The SMILES string of the molecule is O=C1C(=Cc2cccc3ccccc23)CCC/C1=C\c1cccc2ccccc12. The van der Waals surface area contributed by atoms with Gasteiger partial charge in [-0.2, -0.15) is 0 Å². The summed E-state index contributed by atoms with van der Waals surface area (Å²) in [5.41, 5.74) is 4.08. The first-order valence-corrected chi connectivity index (χ1v) is 10.2. The van der Waals surface area contributed by atoms with Gasteiger partial charge in [0.1, 0.15) is 0 Å². The Labute approximate surface area is 171 Å². The molecule has 0 bridgehead atoms. The van der Waals surface area contributed by atoms with Crippen LogP contribution in [-0.4, -0.2) is 5.78 Å². The number of ketones is 1. The Morgan fingerprint density at radius 2 is 1.00 bits per heavy atom. The topological polar surface area (TPSA) is 17.1 Å². The van der Waals surface area contributed by atoms with Gasteiger partial charge >= 0.3 is 0 Å². The Hall–Kier alpha value is -3.45. The van der Waals surface area contributed by atoms with Crippen LogP contribution < -0.4 is 0 Å². The van der Waals surface area contributed by atoms with Crippen molar-refractivity contribution in [3.63, 3.8) is 0 Å². The minimum absolute atomic E-state index is 0.192. The molecule has 1 aliphatic rings. The summed E-state index contributed by atoms with van der Waals surface area (Å²) < 4.78 is 0. The second-order valence-electron chi connectivity index (χ2n) is 7.66. The second kappa shape index (κ2) is 7.52. The highest BCUT2D eigenvalue weighted by molar-refractivity contribution is 6.15. The molecule has 0 atom stereocenters. The monoisotopic (exact) mass is 374 g/mol. The molecule has 1 heteroatoms. The number of carbonyl (C=O) groups is 1. The smallest absolute Gasteiger partial charge is 0.185 e. The summed E-state index contributed by atoms with van der Waals surface area (Å²) in [5, 5.41) is 4.80. The van der Waals surface area contributed by atoms with Gasteiger partial charge in [-0.25, -0.2) is 0 Å². The van der Waals surface area contributed by atoms with Gasteiger partial charge in [0.25, 0.3) is 0 Å². The third-order valence-corrected chi connectivity index (χ3v) is 5.78. The summed E-state index contributed by atoms with van der Waals surface area (Å²) >= 11 is 0. The zero-order valence-corrected chi connectivity index (χ0v) is 16.3. The Morgan fingerprint density at radius 1 is 0.552 bits per heavy atom. The van der Waals surface area contributed by atoms with Gasteiger partial charge in [0.15, 0.2) is 5.78 Å². The average Bonchev–Trinajstić information content (AvgIpc) is 2.77. The molecule has 0 unspecified atom stereocenters. The molecule has 1 aliphatic carbocycles. The highest BCUT2D eigenvalue weighted by Crippen LogP contribution is 2.31. The lowest BCUT2D eigenvalue weighted by atomic mass is 9.86. The standard InChI is InChI=1S/C28H22O/c29-28-24(18-22-12-5-10-20-8-1-3-16-26(20)22)14-7-15-25(28)19-23-13-6-11-21-9-2-4-17-27(21)23/h1-6,8-13,16-19H,7,14-15H2/b24-18+,25-19?. The van der Waals surface area contributed by atoms with E-state index in [4.69, 9.17) is 0 Å². The van der Waals surface area contributed by atoms with E-state index in [9.17, 15) is 4.79 Å². The molecule has 1 fully saturated rings. The fraction of sp³-hybridized carbons (Fsp3) is 0.107. The number of Topliss-reactive ketones (excluding diaryl/α,β-unsaturated/α-hetero) is 1. The number of allylic oxidation sites excluding steroid dienone is 2. The van der Waals surface area contributed by atoms with Crippen LogP contribution in [0.1, 0.15) is 30.4 Å². The minimum Gasteiger partial charge on any atom is -0.289 e. The Kier molecular flexibility index (Phi) is 4.57. The van der Waals surface area contributed by atoms with Crippen molar-refractivity contribution >= 4 is 39.5 Å². The highest BCUT2D eigenvalue weighted by Gasteiger charge is 2.21. The van der Waals surface area contributed by atoms with Crippen LogP contribution in [0.25, 0.3) is 33.7 Å². The third-order valence-electron chi connectivity index (χ3n) is 5.78. The lowest BCUT2D eigenvalue weighted by Gasteiger charge is -2.17. The van der Waals surface area contributed by atoms with Crippen molar-refractivity contribution in [2.24, 2.45) is 0 Å². The first-order valence-electron chi connectivity index (χ1n) is 10.2. The Bertz CT molecular complexity index is 1180. The van der Waals surface area contributed by atoms with E-state index < -0.39 is 0 Å². The molecule has 29 heavy (non-hydrogen) atoms. The van der Waals surface area contributed by atoms with Crippen molar-refractivity contribution in [1.82, 2.24) is 0 Å². The number of hydrogen-bond acceptors (Lipinski definition) is 1. The summed E-state index contributed by atoms with van der Waals surface area (Å²) in [6, 6.07) is 29.3. The van der Waals surface area contributed by atoms with Crippen molar-refractivity contribution in [3.05, 3.63) is 107 Å².